The minimum atomic E-state index is -3.07. The molecule has 0 N–H and O–H groups in total. The van der Waals surface area contributed by atoms with E-state index in [0.717, 1.165) is 10.8 Å². The lowest BCUT2D eigenvalue weighted by Gasteiger charge is -2.23. The van der Waals surface area contributed by atoms with E-state index in [4.69, 9.17) is 4.74 Å². The van der Waals surface area contributed by atoms with Crippen LogP contribution in [0.5, 0.6) is 0 Å². The van der Waals surface area contributed by atoms with Crippen LogP contribution in [-0.2, 0) is 19.4 Å². The van der Waals surface area contributed by atoms with Gasteiger partial charge >= 0.3 is 5.97 Å². The fourth-order valence-electron chi connectivity index (χ4n) is 2.91. The van der Waals surface area contributed by atoms with Gasteiger partial charge in [0, 0.05) is 13.1 Å². The Morgan fingerprint density at radius 1 is 1.16 bits per heavy atom. The zero-order chi connectivity index (χ0) is 18.0. The molecule has 1 aliphatic rings. The van der Waals surface area contributed by atoms with E-state index >= 15 is 0 Å². The number of nitrogens with zero attached hydrogens (tertiary/aromatic N) is 1. The van der Waals surface area contributed by atoms with Crippen LogP contribution in [0.2, 0.25) is 0 Å². The monoisotopic (exact) mass is 361 g/mol. The molecule has 7 heteroatoms. The molecule has 0 radical (unpaired) electrons. The predicted molar refractivity (Wildman–Crippen MR) is 94.1 cm³/mol. The van der Waals surface area contributed by atoms with Gasteiger partial charge in [-0.1, -0.05) is 30.3 Å². The summed E-state index contributed by atoms with van der Waals surface area (Å²) in [4.78, 5) is 25.7. The third-order valence-corrected chi connectivity index (χ3v) is 6.21. The molecule has 132 valence electrons. The van der Waals surface area contributed by atoms with Crippen LogP contribution in [0, 0.1) is 0 Å². The van der Waals surface area contributed by atoms with E-state index in [0.29, 0.717) is 12.0 Å². The zero-order valence-electron chi connectivity index (χ0n) is 13.8. The van der Waals surface area contributed by atoms with Crippen LogP contribution >= 0.6 is 0 Å². The molecule has 1 heterocycles. The summed E-state index contributed by atoms with van der Waals surface area (Å²) in [7, 11) is -1.53. The van der Waals surface area contributed by atoms with Gasteiger partial charge in [-0.15, -0.1) is 0 Å². The Labute approximate surface area is 146 Å². The number of sulfone groups is 1. The van der Waals surface area contributed by atoms with Gasteiger partial charge < -0.3 is 9.64 Å². The average Bonchev–Trinajstić information content (AvgIpc) is 2.98. The number of hydrogen-bond acceptors (Lipinski definition) is 5. The average molecular weight is 361 g/mol. The van der Waals surface area contributed by atoms with Gasteiger partial charge in [0.2, 0.25) is 0 Å². The number of benzene rings is 2. The maximum absolute atomic E-state index is 12.2. The molecule has 6 nitrogen and oxygen atoms in total. The Kier molecular flexibility index (Phi) is 4.76. The second-order valence-corrected chi connectivity index (χ2v) is 8.43. The molecule has 1 amide bonds. The summed E-state index contributed by atoms with van der Waals surface area (Å²) in [6, 6.07) is 12.5. The number of carbonyl (C=O) groups excluding carboxylic acids is 2. The molecular formula is C18H19NO5S. The summed E-state index contributed by atoms with van der Waals surface area (Å²) >= 11 is 0. The third-order valence-electron chi connectivity index (χ3n) is 4.46. The van der Waals surface area contributed by atoms with Crippen molar-refractivity contribution in [3.63, 3.8) is 0 Å². The maximum atomic E-state index is 12.2. The van der Waals surface area contributed by atoms with Crippen molar-refractivity contribution in [3.8, 4) is 0 Å². The van der Waals surface area contributed by atoms with Gasteiger partial charge in [0.15, 0.2) is 16.4 Å². The van der Waals surface area contributed by atoms with Crippen molar-refractivity contribution in [2.45, 2.75) is 12.5 Å². The molecular weight excluding hydrogens is 342 g/mol. The second-order valence-electron chi connectivity index (χ2n) is 6.20. The molecule has 0 aromatic heterocycles. The van der Waals surface area contributed by atoms with Crippen molar-refractivity contribution in [1.82, 2.24) is 4.90 Å². The zero-order valence-corrected chi connectivity index (χ0v) is 14.7. The molecule has 0 spiro atoms. The van der Waals surface area contributed by atoms with E-state index in [1.807, 2.05) is 30.3 Å². The third kappa shape index (κ3) is 3.99. The molecule has 3 rings (SSSR count). The topological polar surface area (TPSA) is 80.8 Å². The molecule has 2 aromatic rings. The first kappa shape index (κ1) is 17.4. The SMILES string of the molecule is CN(C(=O)COC(=O)c1ccc2ccccc2c1)[C@H]1CCS(=O)(=O)C1. The van der Waals surface area contributed by atoms with Crippen LogP contribution in [0.3, 0.4) is 0 Å². The lowest BCUT2D eigenvalue weighted by atomic mass is 10.1. The fourth-order valence-corrected chi connectivity index (χ4v) is 4.69. The number of fused-ring (bicyclic) bond motifs is 1. The highest BCUT2D eigenvalue weighted by molar-refractivity contribution is 7.91. The Morgan fingerprint density at radius 2 is 1.88 bits per heavy atom. The van der Waals surface area contributed by atoms with Gasteiger partial charge in [0.25, 0.3) is 5.91 Å². The Morgan fingerprint density at radius 3 is 2.56 bits per heavy atom. The maximum Gasteiger partial charge on any atom is 0.338 e. The quantitative estimate of drug-likeness (QED) is 0.774. The fraction of sp³-hybridized carbons (Fsp3) is 0.333. The van der Waals surface area contributed by atoms with Crippen molar-refractivity contribution < 1.29 is 22.7 Å². The van der Waals surface area contributed by atoms with E-state index in [1.165, 1.54) is 11.9 Å². The van der Waals surface area contributed by atoms with Crippen LogP contribution in [0.15, 0.2) is 42.5 Å². The first-order valence-electron chi connectivity index (χ1n) is 7.98. The molecule has 0 unspecified atom stereocenters. The first-order chi connectivity index (χ1) is 11.9. The number of esters is 1. The Bertz CT molecular complexity index is 922. The van der Waals surface area contributed by atoms with Crippen molar-refractivity contribution in [2.24, 2.45) is 0 Å². The highest BCUT2D eigenvalue weighted by Crippen LogP contribution is 2.18. The predicted octanol–water partition coefficient (Wildman–Crippen LogP) is 1.64. The highest BCUT2D eigenvalue weighted by atomic mass is 32.2. The van der Waals surface area contributed by atoms with Gasteiger partial charge in [-0.2, -0.15) is 0 Å². The smallest absolute Gasteiger partial charge is 0.338 e. The number of likely N-dealkylation sites (N-methyl/N-ethyl adjacent to an activating group) is 1. The summed E-state index contributed by atoms with van der Waals surface area (Å²) in [6.45, 7) is -0.404. The molecule has 1 fully saturated rings. The van der Waals surface area contributed by atoms with Crippen LogP contribution < -0.4 is 0 Å². The van der Waals surface area contributed by atoms with Crippen LogP contribution in [0.25, 0.3) is 10.8 Å². The van der Waals surface area contributed by atoms with Crippen LogP contribution in [-0.4, -0.2) is 56.4 Å². The van der Waals surface area contributed by atoms with E-state index in [2.05, 4.69) is 0 Å². The van der Waals surface area contributed by atoms with Gasteiger partial charge in [0.1, 0.15) is 0 Å². The van der Waals surface area contributed by atoms with Gasteiger partial charge in [0.05, 0.1) is 17.1 Å². The molecule has 0 aliphatic carbocycles. The van der Waals surface area contributed by atoms with Gasteiger partial charge in [-0.05, 0) is 29.3 Å². The van der Waals surface area contributed by atoms with Crippen molar-refractivity contribution in [3.05, 3.63) is 48.0 Å². The standard InChI is InChI=1S/C18H19NO5S/c1-19(16-8-9-25(22,23)12-16)17(20)11-24-18(21)15-7-6-13-4-2-3-5-14(13)10-15/h2-7,10,16H,8-9,11-12H2,1H3/t16-/m0/s1. The largest absolute Gasteiger partial charge is 0.452 e. The molecule has 1 aliphatic heterocycles. The molecule has 0 saturated carbocycles. The van der Waals surface area contributed by atoms with E-state index in [1.54, 1.807) is 12.1 Å². The molecule has 1 atom stereocenters. The highest BCUT2D eigenvalue weighted by Gasteiger charge is 2.32. The first-order valence-corrected chi connectivity index (χ1v) is 9.80. The molecule has 25 heavy (non-hydrogen) atoms. The second kappa shape index (κ2) is 6.84. The minimum Gasteiger partial charge on any atom is -0.452 e. The van der Waals surface area contributed by atoms with Crippen molar-refractivity contribution >= 4 is 32.5 Å². The van der Waals surface area contributed by atoms with Crippen molar-refractivity contribution in [2.75, 3.05) is 25.2 Å². The van der Waals surface area contributed by atoms with Crippen molar-refractivity contribution in [1.29, 1.82) is 0 Å². The summed E-state index contributed by atoms with van der Waals surface area (Å²) in [5, 5.41) is 1.92. The number of amides is 1. The van der Waals surface area contributed by atoms with E-state index in [9.17, 15) is 18.0 Å². The summed E-state index contributed by atoms with van der Waals surface area (Å²) in [5.41, 5.74) is 0.373. The van der Waals surface area contributed by atoms with Gasteiger partial charge in [-0.3, -0.25) is 4.79 Å². The lowest BCUT2D eigenvalue weighted by Crippen LogP contribution is -2.40. The number of hydrogen-bond donors (Lipinski definition) is 0. The molecule has 1 saturated heterocycles. The molecule has 2 aromatic carbocycles. The summed E-state index contributed by atoms with van der Waals surface area (Å²) in [6.07, 6.45) is 0.420. The van der Waals surface area contributed by atoms with E-state index in [-0.39, 0.29) is 17.5 Å². The summed E-state index contributed by atoms with van der Waals surface area (Å²) in [5.74, 6) is -0.928. The lowest BCUT2D eigenvalue weighted by molar-refractivity contribution is -0.134. The Hall–Kier alpha value is -2.41. The normalized spacial score (nSPS) is 18.8. The number of ether oxygens (including phenoxy) is 1. The van der Waals surface area contributed by atoms with Crippen LogP contribution in [0.1, 0.15) is 16.8 Å². The van der Waals surface area contributed by atoms with Crippen LogP contribution in [0.4, 0.5) is 0 Å². The number of rotatable bonds is 4. The summed E-state index contributed by atoms with van der Waals surface area (Å²) < 4.78 is 28.1. The van der Waals surface area contributed by atoms with Gasteiger partial charge in [-0.25, -0.2) is 13.2 Å². The minimum absolute atomic E-state index is 0.0339. The van der Waals surface area contributed by atoms with E-state index < -0.39 is 28.3 Å². The molecule has 0 bridgehead atoms. The Balaban J connectivity index is 1.60. The number of carbonyl (C=O) groups is 2.